The summed E-state index contributed by atoms with van der Waals surface area (Å²) in [5, 5.41) is 4.71. The van der Waals surface area contributed by atoms with Gasteiger partial charge in [0, 0.05) is 18.3 Å². The minimum atomic E-state index is 0.390. The Kier molecular flexibility index (Phi) is 5.16. The van der Waals surface area contributed by atoms with E-state index in [0.717, 1.165) is 18.1 Å². The lowest BCUT2D eigenvalue weighted by Crippen LogP contribution is -2.41. The predicted octanol–water partition coefficient (Wildman–Crippen LogP) is 3.53. The average Bonchev–Trinajstić information content (AvgIpc) is 2.16. The van der Waals surface area contributed by atoms with Crippen LogP contribution in [0, 0.1) is 11.3 Å². The van der Waals surface area contributed by atoms with Crippen LogP contribution in [0.4, 0.5) is 0 Å². The maximum Gasteiger partial charge on any atom is 0.156 e. The van der Waals surface area contributed by atoms with E-state index in [4.69, 9.17) is 0 Å². The molecule has 2 nitrogen and oxygen atoms in total. The molecular formula is C13H26N2S. The molecule has 1 heterocycles. The van der Waals surface area contributed by atoms with E-state index in [0.29, 0.717) is 17.4 Å². The first kappa shape index (κ1) is 13.9. The summed E-state index contributed by atoms with van der Waals surface area (Å²) in [6.07, 6.45) is 2.42. The van der Waals surface area contributed by atoms with Crippen LogP contribution in [-0.4, -0.2) is 23.5 Å². The fourth-order valence-corrected chi connectivity index (χ4v) is 2.62. The average molecular weight is 242 g/mol. The van der Waals surface area contributed by atoms with Crippen molar-refractivity contribution < 1.29 is 0 Å². The molecule has 0 amide bonds. The van der Waals surface area contributed by atoms with Gasteiger partial charge in [-0.25, -0.2) is 0 Å². The highest BCUT2D eigenvalue weighted by atomic mass is 32.2. The fourth-order valence-electron chi connectivity index (χ4n) is 1.64. The molecule has 0 aliphatic carbocycles. The highest BCUT2D eigenvalue weighted by Crippen LogP contribution is 2.21. The zero-order chi connectivity index (χ0) is 12.2. The predicted molar refractivity (Wildman–Crippen MR) is 75.2 cm³/mol. The Bertz CT molecular complexity index is 241. The van der Waals surface area contributed by atoms with Gasteiger partial charge in [0.05, 0.1) is 0 Å². The van der Waals surface area contributed by atoms with Gasteiger partial charge in [-0.1, -0.05) is 46.4 Å². The fraction of sp³-hybridized carbons (Fsp3) is 0.923. The third-order valence-electron chi connectivity index (χ3n) is 2.90. The van der Waals surface area contributed by atoms with Crippen molar-refractivity contribution in [1.82, 2.24) is 5.32 Å². The molecule has 1 aliphatic heterocycles. The number of thioether (sulfide) groups is 1. The topological polar surface area (TPSA) is 24.4 Å². The van der Waals surface area contributed by atoms with Gasteiger partial charge in [-0.15, -0.1) is 0 Å². The Morgan fingerprint density at radius 1 is 1.44 bits per heavy atom. The molecule has 0 saturated carbocycles. The SMILES string of the molecule is CC(C)C1CCSC(=NCCC(C)(C)C)N1. The van der Waals surface area contributed by atoms with E-state index in [9.17, 15) is 0 Å². The number of aliphatic imine (C=N–C) groups is 1. The van der Waals surface area contributed by atoms with Gasteiger partial charge in [-0.05, 0) is 24.2 Å². The standard InChI is InChI=1S/C13H26N2S/c1-10(2)11-6-9-16-12(15-11)14-8-7-13(3,4)5/h10-11H,6-9H2,1-5H3,(H,14,15). The van der Waals surface area contributed by atoms with E-state index in [1.807, 2.05) is 11.8 Å². The number of amidine groups is 1. The van der Waals surface area contributed by atoms with E-state index < -0.39 is 0 Å². The summed E-state index contributed by atoms with van der Waals surface area (Å²) >= 11 is 1.87. The van der Waals surface area contributed by atoms with Crippen LogP contribution < -0.4 is 5.32 Å². The quantitative estimate of drug-likeness (QED) is 0.819. The molecule has 1 rings (SSSR count). The van der Waals surface area contributed by atoms with E-state index in [2.05, 4.69) is 44.9 Å². The highest BCUT2D eigenvalue weighted by Gasteiger charge is 2.20. The van der Waals surface area contributed by atoms with Crippen LogP contribution in [-0.2, 0) is 0 Å². The summed E-state index contributed by atoms with van der Waals surface area (Å²) in [5.41, 5.74) is 0.390. The molecule has 3 heteroatoms. The lowest BCUT2D eigenvalue weighted by Gasteiger charge is -2.28. The second-order valence-electron chi connectivity index (χ2n) is 6.13. The maximum atomic E-state index is 4.67. The van der Waals surface area contributed by atoms with Gasteiger partial charge in [-0.3, -0.25) is 4.99 Å². The van der Waals surface area contributed by atoms with E-state index in [-0.39, 0.29) is 0 Å². The largest absolute Gasteiger partial charge is 0.362 e. The van der Waals surface area contributed by atoms with Crippen LogP contribution >= 0.6 is 11.8 Å². The van der Waals surface area contributed by atoms with Crippen LogP contribution in [0.25, 0.3) is 0 Å². The molecule has 0 spiro atoms. The Labute approximate surface area is 105 Å². The molecule has 1 unspecified atom stereocenters. The van der Waals surface area contributed by atoms with Crippen LogP contribution in [0.15, 0.2) is 4.99 Å². The van der Waals surface area contributed by atoms with Crippen LogP contribution in [0.1, 0.15) is 47.5 Å². The van der Waals surface area contributed by atoms with Crippen molar-refractivity contribution in [3.05, 3.63) is 0 Å². The Hall–Kier alpha value is -0.180. The minimum Gasteiger partial charge on any atom is -0.362 e. The van der Waals surface area contributed by atoms with Gasteiger partial charge < -0.3 is 5.32 Å². The first-order valence-electron chi connectivity index (χ1n) is 6.32. The highest BCUT2D eigenvalue weighted by molar-refractivity contribution is 8.13. The molecule has 1 saturated heterocycles. The van der Waals surface area contributed by atoms with Gasteiger partial charge >= 0.3 is 0 Å². The molecule has 0 aromatic heterocycles. The first-order chi connectivity index (χ1) is 7.38. The smallest absolute Gasteiger partial charge is 0.156 e. The van der Waals surface area contributed by atoms with Gasteiger partial charge in [0.25, 0.3) is 0 Å². The molecule has 16 heavy (non-hydrogen) atoms. The summed E-state index contributed by atoms with van der Waals surface area (Å²) in [4.78, 5) is 4.67. The molecule has 0 aromatic carbocycles. The zero-order valence-electron chi connectivity index (χ0n) is 11.3. The number of nitrogens with zero attached hydrogens (tertiary/aromatic N) is 1. The van der Waals surface area contributed by atoms with Crippen molar-refractivity contribution in [3.63, 3.8) is 0 Å². The van der Waals surface area contributed by atoms with Crippen molar-refractivity contribution in [1.29, 1.82) is 0 Å². The molecular weight excluding hydrogens is 216 g/mol. The summed E-state index contributed by atoms with van der Waals surface area (Å²) in [6.45, 7) is 12.3. The molecule has 1 aliphatic rings. The lowest BCUT2D eigenvalue weighted by atomic mass is 9.93. The second kappa shape index (κ2) is 5.95. The molecule has 0 radical (unpaired) electrons. The van der Waals surface area contributed by atoms with Crippen LogP contribution in [0.2, 0.25) is 0 Å². The van der Waals surface area contributed by atoms with Gasteiger partial charge in [0.1, 0.15) is 0 Å². The monoisotopic (exact) mass is 242 g/mol. The maximum absolute atomic E-state index is 4.67. The molecule has 94 valence electrons. The Morgan fingerprint density at radius 3 is 2.69 bits per heavy atom. The zero-order valence-corrected chi connectivity index (χ0v) is 12.2. The summed E-state index contributed by atoms with van der Waals surface area (Å²) < 4.78 is 0. The summed E-state index contributed by atoms with van der Waals surface area (Å²) in [5.74, 6) is 1.92. The number of nitrogens with one attached hydrogen (secondary N) is 1. The lowest BCUT2D eigenvalue weighted by molar-refractivity contribution is 0.384. The molecule has 1 atom stereocenters. The first-order valence-corrected chi connectivity index (χ1v) is 7.31. The van der Waals surface area contributed by atoms with Gasteiger partial charge in [0.2, 0.25) is 0 Å². The number of hydrogen-bond acceptors (Lipinski definition) is 2. The molecule has 1 fully saturated rings. The Balaban J connectivity index is 2.38. The normalized spacial score (nSPS) is 24.9. The Morgan fingerprint density at radius 2 is 2.12 bits per heavy atom. The van der Waals surface area contributed by atoms with E-state index >= 15 is 0 Å². The van der Waals surface area contributed by atoms with Crippen LogP contribution in [0.5, 0.6) is 0 Å². The summed E-state index contributed by atoms with van der Waals surface area (Å²) in [7, 11) is 0. The van der Waals surface area contributed by atoms with Gasteiger partial charge in [0.15, 0.2) is 5.17 Å². The van der Waals surface area contributed by atoms with Crippen LogP contribution in [0.3, 0.4) is 0 Å². The van der Waals surface area contributed by atoms with Crippen molar-refractivity contribution in [3.8, 4) is 0 Å². The number of rotatable bonds is 3. The van der Waals surface area contributed by atoms with Crippen molar-refractivity contribution in [2.75, 3.05) is 12.3 Å². The van der Waals surface area contributed by atoms with E-state index in [1.165, 1.54) is 12.2 Å². The van der Waals surface area contributed by atoms with Crippen molar-refractivity contribution in [2.24, 2.45) is 16.3 Å². The third-order valence-corrected chi connectivity index (χ3v) is 3.86. The molecule has 0 aromatic rings. The van der Waals surface area contributed by atoms with Crippen molar-refractivity contribution in [2.45, 2.75) is 53.5 Å². The molecule has 1 N–H and O–H groups in total. The van der Waals surface area contributed by atoms with Crippen molar-refractivity contribution >= 4 is 16.9 Å². The molecule has 0 bridgehead atoms. The second-order valence-corrected chi connectivity index (χ2v) is 7.21. The third kappa shape index (κ3) is 5.24. The summed E-state index contributed by atoms with van der Waals surface area (Å²) in [6, 6.07) is 0.620. The van der Waals surface area contributed by atoms with Gasteiger partial charge in [-0.2, -0.15) is 0 Å². The number of hydrogen-bond donors (Lipinski definition) is 1. The minimum absolute atomic E-state index is 0.390. The van der Waals surface area contributed by atoms with E-state index in [1.54, 1.807) is 0 Å².